The standard InChI is InChI=1S/C16H21F3N2O/c1-20(2)8-11-5-12(16(17,18)19)7-15(6-11)21-13-3-4-14(21)10-22-9-13/h5-7,13-14H,3-4,8-10H2,1-2H3. The van der Waals surface area contributed by atoms with Crippen molar-refractivity contribution in [2.24, 2.45) is 0 Å². The van der Waals surface area contributed by atoms with Crippen molar-refractivity contribution < 1.29 is 17.9 Å². The Morgan fingerprint density at radius 2 is 1.77 bits per heavy atom. The summed E-state index contributed by atoms with van der Waals surface area (Å²) in [5.41, 5.74) is 0.816. The molecule has 2 aliphatic rings. The van der Waals surface area contributed by atoms with Gasteiger partial charge < -0.3 is 14.5 Å². The topological polar surface area (TPSA) is 15.7 Å². The summed E-state index contributed by atoms with van der Waals surface area (Å²) in [4.78, 5) is 4.02. The number of ether oxygens (including phenoxy) is 1. The summed E-state index contributed by atoms with van der Waals surface area (Å²) < 4.78 is 45.1. The first kappa shape index (κ1) is 15.6. The van der Waals surface area contributed by atoms with Gasteiger partial charge in [-0.1, -0.05) is 0 Å². The number of hydrogen-bond donors (Lipinski definition) is 0. The summed E-state index contributed by atoms with van der Waals surface area (Å²) >= 11 is 0. The van der Waals surface area contributed by atoms with E-state index in [1.54, 1.807) is 0 Å². The van der Waals surface area contributed by atoms with Crippen molar-refractivity contribution in [2.75, 3.05) is 32.2 Å². The van der Waals surface area contributed by atoms with Gasteiger partial charge >= 0.3 is 6.18 Å². The molecule has 22 heavy (non-hydrogen) atoms. The molecule has 122 valence electrons. The first-order valence-corrected chi connectivity index (χ1v) is 7.56. The van der Waals surface area contributed by atoms with Gasteiger partial charge in [0, 0.05) is 12.2 Å². The van der Waals surface area contributed by atoms with Crippen molar-refractivity contribution in [3.05, 3.63) is 29.3 Å². The number of hydrogen-bond acceptors (Lipinski definition) is 3. The van der Waals surface area contributed by atoms with Gasteiger partial charge in [0.05, 0.1) is 30.9 Å². The van der Waals surface area contributed by atoms with E-state index in [2.05, 4.69) is 4.90 Å². The molecule has 0 spiro atoms. The lowest BCUT2D eigenvalue weighted by atomic mass is 10.1. The third-order valence-electron chi connectivity index (χ3n) is 4.34. The number of anilines is 1. The smallest absolute Gasteiger partial charge is 0.377 e. The Kier molecular flexibility index (Phi) is 4.07. The van der Waals surface area contributed by atoms with Crippen LogP contribution in [-0.2, 0) is 17.5 Å². The predicted octanol–water partition coefficient (Wildman–Crippen LogP) is 3.13. The average molecular weight is 314 g/mol. The third kappa shape index (κ3) is 3.08. The van der Waals surface area contributed by atoms with Crippen molar-refractivity contribution in [1.82, 2.24) is 4.90 Å². The highest BCUT2D eigenvalue weighted by Crippen LogP contribution is 2.38. The maximum absolute atomic E-state index is 13.2. The fourth-order valence-corrected chi connectivity index (χ4v) is 3.49. The van der Waals surface area contributed by atoms with E-state index in [0.717, 1.165) is 12.8 Å². The second-order valence-corrected chi connectivity index (χ2v) is 6.45. The molecule has 2 fully saturated rings. The highest BCUT2D eigenvalue weighted by atomic mass is 19.4. The Morgan fingerprint density at radius 1 is 1.14 bits per heavy atom. The molecule has 2 saturated heterocycles. The van der Waals surface area contributed by atoms with Gasteiger partial charge in [0.25, 0.3) is 0 Å². The largest absolute Gasteiger partial charge is 0.416 e. The monoisotopic (exact) mass is 314 g/mol. The van der Waals surface area contributed by atoms with Gasteiger partial charge in [-0.3, -0.25) is 0 Å². The van der Waals surface area contributed by atoms with Crippen molar-refractivity contribution in [3.8, 4) is 0 Å². The maximum atomic E-state index is 13.2. The molecular formula is C16H21F3N2O. The summed E-state index contributed by atoms with van der Waals surface area (Å²) in [6.07, 6.45) is -2.34. The second-order valence-electron chi connectivity index (χ2n) is 6.45. The van der Waals surface area contributed by atoms with Crippen molar-refractivity contribution in [1.29, 1.82) is 0 Å². The van der Waals surface area contributed by atoms with Crippen molar-refractivity contribution >= 4 is 5.69 Å². The molecule has 2 heterocycles. The minimum Gasteiger partial charge on any atom is -0.377 e. The van der Waals surface area contributed by atoms with E-state index in [1.165, 1.54) is 12.1 Å². The zero-order valence-corrected chi connectivity index (χ0v) is 12.9. The lowest BCUT2D eigenvalue weighted by molar-refractivity contribution is -0.137. The zero-order chi connectivity index (χ0) is 15.9. The molecule has 0 radical (unpaired) electrons. The number of nitrogens with zero attached hydrogens (tertiary/aromatic N) is 2. The highest BCUT2D eigenvalue weighted by Gasteiger charge is 2.39. The molecule has 1 aromatic carbocycles. The van der Waals surface area contributed by atoms with Gasteiger partial charge in [-0.05, 0) is 50.7 Å². The van der Waals surface area contributed by atoms with E-state index in [9.17, 15) is 13.2 Å². The molecule has 3 nitrogen and oxygen atoms in total. The summed E-state index contributed by atoms with van der Waals surface area (Å²) in [5.74, 6) is 0. The maximum Gasteiger partial charge on any atom is 0.416 e. The van der Waals surface area contributed by atoms with Crippen LogP contribution in [0.25, 0.3) is 0 Å². The molecule has 2 unspecified atom stereocenters. The van der Waals surface area contributed by atoms with Crippen LogP contribution in [-0.4, -0.2) is 44.3 Å². The molecule has 2 atom stereocenters. The Bertz CT molecular complexity index is 529. The number of alkyl halides is 3. The third-order valence-corrected chi connectivity index (χ3v) is 4.34. The number of rotatable bonds is 3. The van der Waals surface area contributed by atoms with Crippen LogP contribution in [0.3, 0.4) is 0 Å². The van der Waals surface area contributed by atoms with Crippen LogP contribution in [0.5, 0.6) is 0 Å². The van der Waals surface area contributed by atoms with Gasteiger partial charge in [-0.15, -0.1) is 0 Å². The summed E-state index contributed by atoms with van der Waals surface area (Å²) in [6, 6.07) is 4.84. The van der Waals surface area contributed by atoms with Crippen LogP contribution in [0.1, 0.15) is 24.0 Å². The molecule has 0 aromatic heterocycles. The number of fused-ring (bicyclic) bond motifs is 2. The second kappa shape index (κ2) is 5.74. The first-order chi connectivity index (χ1) is 10.3. The Hall–Kier alpha value is -1.27. The molecule has 6 heteroatoms. The first-order valence-electron chi connectivity index (χ1n) is 7.56. The van der Waals surface area contributed by atoms with Crippen LogP contribution in [0.4, 0.5) is 18.9 Å². The fourth-order valence-electron chi connectivity index (χ4n) is 3.49. The zero-order valence-electron chi connectivity index (χ0n) is 12.9. The Labute approximate surface area is 128 Å². The van der Waals surface area contributed by atoms with Gasteiger partial charge in [0.15, 0.2) is 0 Å². The average Bonchev–Trinajstić information content (AvgIpc) is 2.66. The van der Waals surface area contributed by atoms with Crippen LogP contribution in [0.2, 0.25) is 0 Å². The van der Waals surface area contributed by atoms with Gasteiger partial charge in [-0.25, -0.2) is 0 Å². The van der Waals surface area contributed by atoms with Gasteiger partial charge in [0.1, 0.15) is 0 Å². The van der Waals surface area contributed by atoms with Crippen LogP contribution in [0, 0.1) is 0 Å². The number of halogens is 3. The number of morpholine rings is 1. The molecule has 0 saturated carbocycles. The minimum atomic E-state index is -4.32. The Balaban J connectivity index is 1.99. The fraction of sp³-hybridized carbons (Fsp3) is 0.625. The van der Waals surface area contributed by atoms with Gasteiger partial charge in [0.2, 0.25) is 0 Å². The quantitative estimate of drug-likeness (QED) is 0.852. The van der Waals surface area contributed by atoms with E-state index in [0.29, 0.717) is 31.0 Å². The van der Waals surface area contributed by atoms with E-state index in [4.69, 9.17) is 4.74 Å². The van der Waals surface area contributed by atoms with Crippen molar-refractivity contribution in [2.45, 2.75) is 37.6 Å². The lowest BCUT2D eigenvalue weighted by Crippen LogP contribution is -2.46. The normalized spacial score (nSPS) is 25.1. The van der Waals surface area contributed by atoms with Crippen LogP contribution in [0.15, 0.2) is 18.2 Å². The van der Waals surface area contributed by atoms with Crippen molar-refractivity contribution in [3.63, 3.8) is 0 Å². The molecule has 2 bridgehead atoms. The van der Waals surface area contributed by atoms with E-state index >= 15 is 0 Å². The minimum absolute atomic E-state index is 0.203. The molecule has 0 N–H and O–H groups in total. The van der Waals surface area contributed by atoms with E-state index in [-0.39, 0.29) is 12.1 Å². The van der Waals surface area contributed by atoms with Crippen LogP contribution < -0.4 is 4.90 Å². The van der Waals surface area contributed by atoms with Crippen LogP contribution >= 0.6 is 0 Å². The lowest BCUT2D eigenvalue weighted by Gasteiger charge is -2.37. The molecule has 2 aliphatic heterocycles. The highest BCUT2D eigenvalue weighted by molar-refractivity contribution is 5.55. The molecule has 0 amide bonds. The molecule has 0 aliphatic carbocycles. The number of benzene rings is 1. The predicted molar refractivity (Wildman–Crippen MR) is 78.9 cm³/mol. The Morgan fingerprint density at radius 3 is 2.32 bits per heavy atom. The van der Waals surface area contributed by atoms with Gasteiger partial charge in [-0.2, -0.15) is 13.2 Å². The van der Waals surface area contributed by atoms with E-state index < -0.39 is 11.7 Å². The molecule has 3 rings (SSSR count). The molecular weight excluding hydrogens is 293 g/mol. The van der Waals surface area contributed by atoms with E-state index in [1.807, 2.05) is 25.1 Å². The summed E-state index contributed by atoms with van der Waals surface area (Å²) in [7, 11) is 3.72. The molecule has 1 aromatic rings. The summed E-state index contributed by atoms with van der Waals surface area (Å²) in [6.45, 7) is 1.71. The SMILES string of the molecule is CN(C)Cc1cc(N2C3CCC2COC3)cc(C(F)(F)F)c1. The summed E-state index contributed by atoms with van der Waals surface area (Å²) in [5, 5.41) is 0.